The smallest absolute Gasteiger partial charge is 0.243 e. The summed E-state index contributed by atoms with van der Waals surface area (Å²) in [5.41, 5.74) is 0.851. The molecule has 10 heteroatoms. The second-order valence-corrected chi connectivity index (χ2v) is 9.38. The molecule has 1 saturated heterocycles. The second-order valence-electron chi connectivity index (χ2n) is 7.44. The Morgan fingerprint density at radius 2 is 1.87 bits per heavy atom. The third-order valence-corrected chi connectivity index (χ3v) is 7.13. The molecule has 3 rings (SSSR count). The zero-order valence-corrected chi connectivity index (χ0v) is 17.9. The monoisotopic (exact) mass is 448 g/mol. The maximum absolute atomic E-state index is 13.1. The van der Waals surface area contributed by atoms with Gasteiger partial charge in [0, 0.05) is 37.9 Å². The van der Waals surface area contributed by atoms with E-state index in [2.05, 4.69) is 15.6 Å². The van der Waals surface area contributed by atoms with Crippen LogP contribution < -0.4 is 10.6 Å². The van der Waals surface area contributed by atoms with Gasteiger partial charge in [-0.15, -0.1) is 0 Å². The van der Waals surface area contributed by atoms with E-state index in [4.69, 9.17) is 0 Å². The van der Waals surface area contributed by atoms with Crippen LogP contribution in [0.1, 0.15) is 25.3 Å². The molecule has 0 saturated carbocycles. The number of carbonyl (C=O) groups excluding carboxylic acids is 2. The molecule has 1 aliphatic heterocycles. The predicted octanol–water partition coefficient (Wildman–Crippen LogP) is 1.44. The molecule has 0 unspecified atom stereocenters. The highest BCUT2D eigenvalue weighted by atomic mass is 32.2. The number of nitrogens with one attached hydrogen (secondary N) is 2. The van der Waals surface area contributed by atoms with Crippen LogP contribution in [0.15, 0.2) is 53.7 Å². The zero-order chi connectivity index (χ0) is 22.4. The predicted molar refractivity (Wildman–Crippen MR) is 112 cm³/mol. The lowest BCUT2D eigenvalue weighted by Crippen LogP contribution is -2.49. The molecule has 0 aliphatic carbocycles. The highest BCUT2D eigenvalue weighted by Gasteiger charge is 2.32. The van der Waals surface area contributed by atoms with E-state index in [9.17, 15) is 22.4 Å². The molecule has 1 aromatic heterocycles. The number of benzene rings is 1. The summed E-state index contributed by atoms with van der Waals surface area (Å²) in [6.07, 6.45) is 3.98. The lowest BCUT2D eigenvalue weighted by atomic mass is 9.97. The summed E-state index contributed by atoms with van der Waals surface area (Å²) in [5, 5.41) is 5.45. The molecule has 1 fully saturated rings. The van der Waals surface area contributed by atoms with Gasteiger partial charge < -0.3 is 10.6 Å². The molecule has 8 nitrogen and oxygen atoms in total. The number of amides is 2. The number of carbonyl (C=O) groups is 2. The molecule has 2 N–H and O–H groups in total. The third kappa shape index (κ3) is 5.86. The quantitative estimate of drug-likeness (QED) is 0.666. The molecule has 166 valence electrons. The van der Waals surface area contributed by atoms with Gasteiger partial charge in [0.25, 0.3) is 0 Å². The van der Waals surface area contributed by atoms with Crippen molar-refractivity contribution in [1.29, 1.82) is 0 Å². The molecule has 0 radical (unpaired) electrons. The maximum atomic E-state index is 13.1. The van der Waals surface area contributed by atoms with Crippen molar-refractivity contribution in [2.75, 3.05) is 13.1 Å². The van der Waals surface area contributed by atoms with Gasteiger partial charge in [-0.25, -0.2) is 12.8 Å². The van der Waals surface area contributed by atoms with E-state index in [0.29, 0.717) is 19.4 Å². The Balaban J connectivity index is 1.48. The Morgan fingerprint density at radius 1 is 1.19 bits per heavy atom. The number of nitrogens with zero attached hydrogens (tertiary/aromatic N) is 2. The van der Waals surface area contributed by atoms with Crippen LogP contribution in [0.5, 0.6) is 0 Å². The lowest BCUT2D eigenvalue weighted by molar-refractivity contribution is -0.131. The van der Waals surface area contributed by atoms with E-state index in [1.54, 1.807) is 25.4 Å². The van der Waals surface area contributed by atoms with Gasteiger partial charge >= 0.3 is 0 Å². The molecule has 2 amide bonds. The number of hydrogen-bond acceptors (Lipinski definition) is 5. The third-order valence-electron chi connectivity index (χ3n) is 5.22. The molecular formula is C21H25FN4O4S. The molecule has 0 bridgehead atoms. The van der Waals surface area contributed by atoms with Crippen LogP contribution in [0.2, 0.25) is 0 Å². The average molecular weight is 449 g/mol. The Hall–Kier alpha value is -2.85. The Morgan fingerprint density at radius 3 is 2.48 bits per heavy atom. The van der Waals surface area contributed by atoms with Crippen LogP contribution in [0, 0.1) is 11.7 Å². The summed E-state index contributed by atoms with van der Waals surface area (Å²) in [7, 11) is -3.73. The SMILES string of the molecule is C[C@@H](NC(=O)C1CCN(S(=O)(=O)c2ccc(F)cc2)CC1)C(=O)NCc1cccnc1. The lowest BCUT2D eigenvalue weighted by Gasteiger charge is -2.31. The van der Waals surface area contributed by atoms with E-state index < -0.39 is 21.9 Å². The standard InChI is InChI=1S/C21H25FN4O4S/c1-15(20(27)24-14-16-3-2-10-23-13-16)25-21(28)17-8-11-26(12-9-17)31(29,30)19-6-4-18(22)5-7-19/h2-7,10,13,15,17H,8-9,11-12,14H2,1H3,(H,24,27)(H,25,28)/t15-/m1/s1. The van der Waals surface area contributed by atoms with Crippen LogP contribution in [0.3, 0.4) is 0 Å². The van der Waals surface area contributed by atoms with Crippen LogP contribution >= 0.6 is 0 Å². The van der Waals surface area contributed by atoms with Crippen molar-refractivity contribution in [2.45, 2.75) is 37.2 Å². The summed E-state index contributed by atoms with van der Waals surface area (Å²) in [4.78, 5) is 28.8. The number of rotatable bonds is 7. The minimum atomic E-state index is -3.73. The Kier molecular flexibility index (Phi) is 7.34. The van der Waals surface area contributed by atoms with Crippen molar-refractivity contribution in [3.8, 4) is 0 Å². The van der Waals surface area contributed by atoms with Crippen LogP contribution in [-0.4, -0.2) is 48.7 Å². The van der Waals surface area contributed by atoms with E-state index in [-0.39, 0.29) is 35.7 Å². The minimum Gasteiger partial charge on any atom is -0.350 e. The molecular weight excluding hydrogens is 423 g/mol. The molecule has 1 aromatic carbocycles. The van der Waals surface area contributed by atoms with Gasteiger partial charge in [0.15, 0.2) is 0 Å². The fourth-order valence-electron chi connectivity index (χ4n) is 3.36. The molecule has 31 heavy (non-hydrogen) atoms. The highest BCUT2D eigenvalue weighted by molar-refractivity contribution is 7.89. The molecule has 1 aliphatic rings. The number of aromatic nitrogens is 1. The zero-order valence-electron chi connectivity index (χ0n) is 17.1. The van der Waals surface area contributed by atoms with E-state index in [1.165, 1.54) is 16.4 Å². The second kappa shape index (κ2) is 9.97. The average Bonchev–Trinajstić information content (AvgIpc) is 2.78. The number of halogens is 1. The number of pyridine rings is 1. The van der Waals surface area contributed by atoms with Gasteiger partial charge in [0.2, 0.25) is 21.8 Å². The van der Waals surface area contributed by atoms with Crippen molar-refractivity contribution >= 4 is 21.8 Å². The summed E-state index contributed by atoms with van der Waals surface area (Å²) in [5.74, 6) is -1.47. The van der Waals surface area contributed by atoms with Gasteiger partial charge in [-0.2, -0.15) is 4.31 Å². The summed E-state index contributed by atoms with van der Waals surface area (Å²) >= 11 is 0. The summed E-state index contributed by atoms with van der Waals surface area (Å²) in [6, 6.07) is 7.57. The van der Waals surface area contributed by atoms with Crippen molar-refractivity contribution in [3.63, 3.8) is 0 Å². The van der Waals surface area contributed by atoms with Crippen molar-refractivity contribution < 1.29 is 22.4 Å². The van der Waals surface area contributed by atoms with E-state index in [0.717, 1.165) is 17.7 Å². The fourth-order valence-corrected chi connectivity index (χ4v) is 4.83. The van der Waals surface area contributed by atoms with E-state index >= 15 is 0 Å². The largest absolute Gasteiger partial charge is 0.350 e. The van der Waals surface area contributed by atoms with Gasteiger partial charge in [0.1, 0.15) is 11.9 Å². The van der Waals surface area contributed by atoms with Crippen LogP contribution in [0.25, 0.3) is 0 Å². The maximum Gasteiger partial charge on any atom is 0.243 e. The first-order valence-corrected chi connectivity index (χ1v) is 11.4. The molecule has 0 spiro atoms. The minimum absolute atomic E-state index is 0.0238. The van der Waals surface area contributed by atoms with Crippen molar-refractivity contribution in [2.24, 2.45) is 5.92 Å². The number of piperidine rings is 1. The first-order valence-electron chi connectivity index (χ1n) is 10.00. The molecule has 2 heterocycles. The first kappa shape index (κ1) is 22.8. The Bertz CT molecular complexity index is 1010. The number of hydrogen-bond donors (Lipinski definition) is 2. The summed E-state index contributed by atoms with van der Waals surface area (Å²) < 4.78 is 39.7. The number of sulfonamides is 1. The van der Waals surface area contributed by atoms with Gasteiger partial charge in [-0.3, -0.25) is 14.6 Å². The van der Waals surface area contributed by atoms with Crippen molar-refractivity contribution in [1.82, 2.24) is 19.9 Å². The van der Waals surface area contributed by atoms with Gasteiger partial charge in [-0.1, -0.05) is 6.07 Å². The van der Waals surface area contributed by atoms with E-state index in [1.807, 2.05) is 6.07 Å². The molecule has 1 atom stereocenters. The highest BCUT2D eigenvalue weighted by Crippen LogP contribution is 2.24. The van der Waals surface area contributed by atoms with Gasteiger partial charge in [-0.05, 0) is 55.7 Å². The topological polar surface area (TPSA) is 108 Å². The Labute approximate surface area is 180 Å². The fraction of sp³-hybridized carbons (Fsp3) is 0.381. The molecule has 2 aromatic rings. The van der Waals surface area contributed by atoms with Crippen molar-refractivity contribution in [3.05, 3.63) is 60.2 Å². The summed E-state index contributed by atoms with van der Waals surface area (Å²) in [6.45, 7) is 2.27. The first-order chi connectivity index (χ1) is 14.8. The van der Waals surface area contributed by atoms with Crippen LogP contribution in [0.4, 0.5) is 4.39 Å². The van der Waals surface area contributed by atoms with Gasteiger partial charge in [0.05, 0.1) is 4.90 Å². The normalized spacial score (nSPS) is 16.5. The van der Waals surface area contributed by atoms with Crippen LogP contribution in [-0.2, 0) is 26.2 Å².